The van der Waals surface area contributed by atoms with Crippen LogP contribution in [0.15, 0.2) is 38.6 Å². The fraction of sp³-hybridized carbons (Fsp3) is 0.286. The van der Waals surface area contributed by atoms with Crippen molar-refractivity contribution in [2.75, 3.05) is 7.05 Å². The van der Waals surface area contributed by atoms with Crippen molar-refractivity contribution in [1.82, 2.24) is 5.32 Å². The first-order valence-electron chi connectivity index (χ1n) is 5.77. The van der Waals surface area contributed by atoms with Crippen LogP contribution in [0.25, 0.3) is 0 Å². The van der Waals surface area contributed by atoms with Crippen LogP contribution in [0.4, 0.5) is 0 Å². The number of benzene rings is 1. The molecule has 1 aromatic carbocycles. The van der Waals surface area contributed by atoms with Gasteiger partial charge in [0, 0.05) is 21.8 Å². The molecule has 0 aliphatic carbocycles. The number of hydrogen-bond acceptors (Lipinski definition) is 2. The van der Waals surface area contributed by atoms with Crippen molar-refractivity contribution in [3.63, 3.8) is 0 Å². The average Bonchev–Trinajstić information content (AvgIpc) is 2.72. The number of thiophene rings is 1. The summed E-state index contributed by atoms with van der Waals surface area (Å²) in [6.07, 6.45) is 1.01. The molecule has 0 aliphatic heterocycles. The maximum absolute atomic E-state index is 3.66. The summed E-state index contributed by atoms with van der Waals surface area (Å²) in [6, 6.07) is 11.2. The van der Waals surface area contributed by atoms with Gasteiger partial charge in [0.2, 0.25) is 0 Å². The maximum Gasteiger partial charge on any atom is 0.0701 e. The second-order valence-electron chi connectivity index (χ2n) is 4.28. The highest BCUT2D eigenvalue weighted by Crippen LogP contribution is 2.30. The normalized spacial score (nSPS) is 12.7. The van der Waals surface area contributed by atoms with Gasteiger partial charge in [-0.1, -0.05) is 28.1 Å². The van der Waals surface area contributed by atoms with Crippen molar-refractivity contribution >= 4 is 43.2 Å². The summed E-state index contributed by atoms with van der Waals surface area (Å²) in [5, 5.41) is 3.40. The van der Waals surface area contributed by atoms with Gasteiger partial charge in [0.15, 0.2) is 0 Å². The topological polar surface area (TPSA) is 12.0 Å². The number of rotatable bonds is 4. The zero-order chi connectivity index (χ0) is 13.1. The molecule has 1 heterocycles. The van der Waals surface area contributed by atoms with Gasteiger partial charge in [-0.15, -0.1) is 11.3 Å². The molecule has 0 aliphatic rings. The van der Waals surface area contributed by atoms with Gasteiger partial charge < -0.3 is 5.32 Å². The molecule has 96 valence electrons. The highest BCUT2D eigenvalue weighted by molar-refractivity contribution is 9.11. The van der Waals surface area contributed by atoms with E-state index in [9.17, 15) is 0 Å². The second kappa shape index (κ2) is 6.33. The molecule has 0 radical (unpaired) electrons. The van der Waals surface area contributed by atoms with Crippen LogP contribution in [-0.2, 0) is 6.42 Å². The molecule has 1 aromatic heterocycles. The van der Waals surface area contributed by atoms with E-state index in [0.29, 0.717) is 6.04 Å². The molecule has 2 rings (SSSR count). The van der Waals surface area contributed by atoms with E-state index in [4.69, 9.17) is 0 Å². The number of nitrogens with one attached hydrogen (secondary N) is 1. The summed E-state index contributed by atoms with van der Waals surface area (Å²) in [4.78, 5) is 1.38. The van der Waals surface area contributed by atoms with E-state index in [2.05, 4.69) is 74.4 Å². The predicted octanol–water partition coefficient (Wildman–Crippen LogP) is 5.08. The minimum Gasteiger partial charge on any atom is -0.313 e. The molecule has 0 bridgehead atoms. The highest BCUT2D eigenvalue weighted by Gasteiger charge is 2.14. The van der Waals surface area contributed by atoms with Gasteiger partial charge in [-0.25, -0.2) is 0 Å². The van der Waals surface area contributed by atoms with Crippen molar-refractivity contribution in [2.24, 2.45) is 0 Å². The third-order valence-electron chi connectivity index (χ3n) is 2.91. The van der Waals surface area contributed by atoms with Crippen LogP contribution < -0.4 is 5.32 Å². The largest absolute Gasteiger partial charge is 0.313 e. The summed E-state index contributed by atoms with van der Waals surface area (Å²) in [6.45, 7) is 2.11. The van der Waals surface area contributed by atoms with Crippen LogP contribution in [0.1, 0.15) is 22.0 Å². The lowest BCUT2D eigenvalue weighted by Gasteiger charge is -2.17. The first-order valence-corrected chi connectivity index (χ1v) is 8.18. The van der Waals surface area contributed by atoms with Gasteiger partial charge in [0.1, 0.15) is 0 Å². The number of halogens is 2. The van der Waals surface area contributed by atoms with E-state index in [0.717, 1.165) is 6.42 Å². The third-order valence-corrected chi connectivity index (χ3v) is 5.25. The molecule has 4 heteroatoms. The first kappa shape index (κ1) is 14.3. The molecule has 1 nitrogen and oxygen atoms in total. The SMILES string of the molecule is CNC(Cc1ccc(Br)s1)c1ccc(C)cc1Br. The Labute approximate surface area is 129 Å². The predicted molar refractivity (Wildman–Crippen MR) is 86.4 cm³/mol. The van der Waals surface area contributed by atoms with Crippen LogP contribution >= 0.6 is 43.2 Å². The second-order valence-corrected chi connectivity index (χ2v) is 7.68. The molecule has 0 spiro atoms. The Morgan fingerprint density at radius 3 is 2.56 bits per heavy atom. The molecule has 1 N–H and O–H groups in total. The Kier molecular flexibility index (Phi) is 5.01. The van der Waals surface area contributed by atoms with Crippen LogP contribution in [0.5, 0.6) is 0 Å². The van der Waals surface area contributed by atoms with E-state index < -0.39 is 0 Å². The summed E-state index contributed by atoms with van der Waals surface area (Å²) >= 11 is 8.97. The Morgan fingerprint density at radius 2 is 2.00 bits per heavy atom. The van der Waals surface area contributed by atoms with Crippen LogP contribution in [0.3, 0.4) is 0 Å². The minimum absolute atomic E-state index is 0.338. The maximum atomic E-state index is 3.66. The number of aryl methyl sites for hydroxylation is 1. The van der Waals surface area contributed by atoms with Gasteiger partial charge >= 0.3 is 0 Å². The van der Waals surface area contributed by atoms with Crippen molar-refractivity contribution in [1.29, 1.82) is 0 Å². The average molecular weight is 389 g/mol. The van der Waals surface area contributed by atoms with Gasteiger partial charge in [-0.05, 0) is 59.2 Å². The first-order chi connectivity index (χ1) is 8.60. The van der Waals surface area contributed by atoms with E-state index in [1.807, 2.05) is 7.05 Å². The molecule has 0 saturated heterocycles. The summed E-state index contributed by atoms with van der Waals surface area (Å²) < 4.78 is 2.37. The molecule has 1 unspecified atom stereocenters. The van der Waals surface area contributed by atoms with E-state index in [1.54, 1.807) is 11.3 Å². The zero-order valence-electron chi connectivity index (χ0n) is 10.3. The monoisotopic (exact) mass is 387 g/mol. The van der Waals surface area contributed by atoms with Crippen LogP contribution in [-0.4, -0.2) is 7.05 Å². The van der Waals surface area contributed by atoms with Gasteiger partial charge in [-0.3, -0.25) is 0 Å². The Bertz CT molecular complexity index is 536. The lowest BCUT2D eigenvalue weighted by Crippen LogP contribution is -2.18. The summed E-state index contributed by atoms with van der Waals surface area (Å²) in [5.41, 5.74) is 2.59. The number of likely N-dealkylation sites (N-methyl/N-ethyl adjacent to an activating group) is 1. The van der Waals surface area contributed by atoms with Gasteiger partial charge in [-0.2, -0.15) is 0 Å². The molecule has 1 atom stereocenters. The van der Waals surface area contributed by atoms with Crippen LogP contribution in [0, 0.1) is 6.92 Å². The van der Waals surface area contributed by atoms with E-state index >= 15 is 0 Å². The Morgan fingerprint density at radius 1 is 1.22 bits per heavy atom. The lowest BCUT2D eigenvalue weighted by molar-refractivity contribution is 0.594. The molecule has 18 heavy (non-hydrogen) atoms. The fourth-order valence-electron chi connectivity index (χ4n) is 1.94. The molecular formula is C14H15Br2NS. The standard InChI is InChI=1S/C14H15Br2NS/c1-9-3-5-11(12(15)7-9)13(17-2)8-10-4-6-14(16)18-10/h3-7,13,17H,8H2,1-2H3. The van der Waals surface area contributed by atoms with Crippen molar-refractivity contribution in [3.05, 3.63) is 54.6 Å². The van der Waals surface area contributed by atoms with Gasteiger partial charge in [0.05, 0.1) is 3.79 Å². The minimum atomic E-state index is 0.338. The van der Waals surface area contributed by atoms with Crippen molar-refractivity contribution < 1.29 is 0 Å². The molecular weight excluding hydrogens is 374 g/mol. The van der Waals surface area contributed by atoms with E-state index in [-0.39, 0.29) is 0 Å². The Balaban J connectivity index is 2.22. The number of hydrogen-bond donors (Lipinski definition) is 1. The highest BCUT2D eigenvalue weighted by atomic mass is 79.9. The van der Waals surface area contributed by atoms with E-state index in [1.165, 1.54) is 24.3 Å². The molecule has 2 aromatic rings. The van der Waals surface area contributed by atoms with Gasteiger partial charge in [0.25, 0.3) is 0 Å². The smallest absolute Gasteiger partial charge is 0.0701 e. The fourth-order valence-corrected chi connectivity index (χ4v) is 4.24. The summed E-state index contributed by atoms with van der Waals surface area (Å²) in [7, 11) is 2.01. The Hall–Kier alpha value is -0.160. The molecule has 0 fully saturated rings. The zero-order valence-corrected chi connectivity index (χ0v) is 14.3. The lowest BCUT2D eigenvalue weighted by atomic mass is 10.0. The van der Waals surface area contributed by atoms with Crippen molar-refractivity contribution in [2.45, 2.75) is 19.4 Å². The molecule has 0 amide bonds. The van der Waals surface area contributed by atoms with Crippen LogP contribution in [0.2, 0.25) is 0 Å². The summed E-state index contributed by atoms with van der Waals surface area (Å²) in [5.74, 6) is 0. The van der Waals surface area contributed by atoms with Crippen molar-refractivity contribution in [3.8, 4) is 0 Å². The third kappa shape index (κ3) is 3.44. The molecule has 0 saturated carbocycles. The quantitative estimate of drug-likeness (QED) is 0.769.